The quantitative estimate of drug-likeness (QED) is 0.538. The summed E-state index contributed by atoms with van der Waals surface area (Å²) in [7, 11) is 0. The van der Waals surface area contributed by atoms with Crippen molar-refractivity contribution in [3.05, 3.63) is 57.9 Å². The Labute approximate surface area is 164 Å². The first kappa shape index (κ1) is 21.5. The second-order valence-electron chi connectivity index (χ2n) is 6.36. The van der Waals surface area contributed by atoms with Gasteiger partial charge in [-0.15, -0.1) is 0 Å². The third-order valence-corrected chi connectivity index (χ3v) is 4.42. The molecule has 0 amide bonds. The number of carbonyl (C=O) groups is 1. The van der Waals surface area contributed by atoms with E-state index in [1.807, 2.05) is 13.0 Å². The number of nitrogens with zero attached hydrogens (tertiary/aromatic N) is 1. The number of benzene rings is 1. The van der Waals surface area contributed by atoms with Gasteiger partial charge in [-0.05, 0) is 43.5 Å². The van der Waals surface area contributed by atoms with Crippen LogP contribution in [0.3, 0.4) is 0 Å². The van der Waals surface area contributed by atoms with Crippen molar-refractivity contribution in [2.75, 3.05) is 13.2 Å². The van der Waals surface area contributed by atoms with Crippen molar-refractivity contribution in [1.29, 1.82) is 5.26 Å². The Balaban J connectivity index is 2.54. The highest BCUT2D eigenvalue weighted by molar-refractivity contribution is 5.92. The molecule has 0 fully saturated rings. The summed E-state index contributed by atoms with van der Waals surface area (Å²) in [6.07, 6.45) is 1.86. The summed E-state index contributed by atoms with van der Waals surface area (Å²) < 4.78 is 30.1. The lowest BCUT2D eigenvalue weighted by atomic mass is 9.81. The van der Waals surface area contributed by atoms with Gasteiger partial charge in [-0.25, -0.2) is 9.18 Å². The van der Waals surface area contributed by atoms with Gasteiger partial charge in [-0.1, -0.05) is 19.4 Å². The van der Waals surface area contributed by atoms with Crippen LogP contribution in [-0.2, 0) is 25.6 Å². The monoisotopic (exact) mass is 388 g/mol. The number of nitriles is 1. The van der Waals surface area contributed by atoms with Gasteiger partial charge in [0, 0.05) is 6.61 Å². The van der Waals surface area contributed by atoms with Crippen molar-refractivity contribution >= 4 is 5.97 Å². The largest absolute Gasteiger partial charge is 0.463 e. The van der Waals surface area contributed by atoms with Crippen molar-refractivity contribution in [2.45, 2.75) is 46.1 Å². The van der Waals surface area contributed by atoms with Crippen molar-refractivity contribution in [3.8, 4) is 6.07 Å². The molecular formula is C21H25FN2O4. The number of carbonyl (C=O) groups excluding carboxylic acids is 1. The van der Waals surface area contributed by atoms with E-state index in [2.05, 4.69) is 0 Å². The number of esters is 1. The predicted octanol–water partition coefficient (Wildman–Crippen LogP) is 3.79. The van der Waals surface area contributed by atoms with Gasteiger partial charge >= 0.3 is 5.97 Å². The lowest BCUT2D eigenvalue weighted by molar-refractivity contribution is -0.139. The second-order valence-corrected chi connectivity index (χ2v) is 6.36. The molecule has 28 heavy (non-hydrogen) atoms. The minimum absolute atomic E-state index is 0.0788. The fraction of sp³-hybridized carbons (Fsp3) is 0.429. The zero-order chi connectivity index (χ0) is 20.7. The highest BCUT2D eigenvalue weighted by atomic mass is 19.1. The van der Waals surface area contributed by atoms with Crippen LogP contribution in [0.2, 0.25) is 0 Å². The lowest BCUT2D eigenvalue weighted by Crippen LogP contribution is -2.26. The van der Waals surface area contributed by atoms with Crippen LogP contribution in [0.15, 0.2) is 41.0 Å². The van der Waals surface area contributed by atoms with Crippen LogP contribution in [0.25, 0.3) is 0 Å². The number of hydrogen-bond donors (Lipinski definition) is 1. The number of halogens is 1. The number of hydrogen-bond acceptors (Lipinski definition) is 6. The molecule has 0 bridgehead atoms. The van der Waals surface area contributed by atoms with E-state index >= 15 is 0 Å². The fourth-order valence-corrected chi connectivity index (χ4v) is 3.08. The fourth-order valence-electron chi connectivity index (χ4n) is 3.08. The Kier molecular flexibility index (Phi) is 7.59. The van der Waals surface area contributed by atoms with E-state index in [0.29, 0.717) is 17.7 Å². The Hall–Kier alpha value is -2.85. The Bertz CT molecular complexity index is 839. The number of rotatable bonds is 8. The first-order valence-electron chi connectivity index (χ1n) is 9.26. The van der Waals surface area contributed by atoms with Gasteiger partial charge in [0.05, 0.1) is 24.7 Å². The molecule has 1 aliphatic rings. The van der Waals surface area contributed by atoms with Gasteiger partial charge in [0.15, 0.2) is 0 Å². The van der Waals surface area contributed by atoms with Crippen LogP contribution in [0, 0.1) is 17.1 Å². The molecule has 2 rings (SSSR count). The molecule has 6 nitrogen and oxygen atoms in total. The van der Waals surface area contributed by atoms with Gasteiger partial charge < -0.3 is 19.9 Å². The topological polar surface area (TPSA) is 94.6 Å². The Morgan fingerprint density at radius 2 is 2.14 bits per heavy atom. The molecule has 0 aliphatic carbocycles. The molecule has 0 spiro atoms. The maximum Gasteiger partial charge on any atom is 0.338 e. The Morgan fingerprint density at radius 1 is 1.39 bits per heavy atom. The minimum atomic E-state index is -0.817. The smallest absolute Gasteiger partial charge is 0.338 e. The van der Waals surface area contributed by atoms with E-state index in [1.165, 1.54) is 12.1 Å². The molecule has 1 aromatic carbocycles. The lowest BCUT2D eigenvalue weighted by Gasteiger charge is -2.28. The van der Waals surface area contributed by atoms with E-state index in [1.54, 1.807) is 19.9 Å². The minimum Gasteiger partial charge on any atom is -0.463 e. The van der Waals surface area contributed by atoms with E-state index in [-0.39, 0.29) is 36.0 Å². The van der Waals surface area contributed by atoms with Gasteiger partial charge in [0.1, 0.15) is 23.2 Å². The van der Waals surface area contributed by atoms with Gasteiger partial charge in [-0.3, -0.25) is 0 Å². The van der Waals surface area contributed by atoms with Gasteiger partial charge in [0.2, 0.25) is 5.88 Å². The van der Waals surface area contributed by atoms with Crippen LogP contribution in [0.4, 0.5) is 4.39 Å². The molecule has 0 saturated heterocycles. The van der Waals surface area contributed by atoms with Crippen LogP contribution in [0.1, 0.15) is 50.7 Å². The van der Waals surface area contributed by atoms with Crippen molar-refractivity contribution < 1.29 is 23.4 Å². The summed E-state index contributed by atoms with van der Waals surface area (Å²) in [4.78, 5) is 12.6. The third kappa shape index (κ3) is 4.70. The zero-order valence-electron chi connectivity index (χ0n) is 16.4. The number of ether oxygens (including phenoxy) is 3. The number of allylic oxidation sites excluding steroid dienone is 2. The predicted molar refractivity (Wildman–Crippen MR) is 101 cm³/mol. The van der Waals surface area contributed by atoms with Crippen LogP contribution in [0.5, 0.6) is 0 Å². The van der Waals surface area contributed by atoms with E-state index in [9.17, 15) is 14.4 Å². The molecule has 2 N–H and O–H groups in total. The molecule has 1 aromatic rings. The third-order valence-electron chi connectivity index (χ3n) is 4.42. The van der Waals surface area contributed by atoms with Crippen LogP contribution < -0.4 is 5.73 Å². The first-order chi connectivity index (χ1) is 13.4. The molecule has 0 radical (unpaired) electrons. The molecule has 1 aliphatic heterocycles. The van der Waals surface area contributed by atoms with E-state index in [4.69, 9.17) is 19.9 Å². The van der Waals surface area contributed by atoms with E-state index in [0.717, 1.165) is 12.8 Å². The van der Waals surface area contributed by atoms with Crippen LogP contribution in [-0.4, -0.2) is 19.2 Å². The summed E-state index contributed by atoms with van der Waals surface area (Å²) in [5, 5.41) is 9.65. The summed E-state index contributed by atoms with van der Waals surface area (Å²) in [6.45, 7) is 6.17. The normalized spacial score (nSPS) is 16.6. The molecule has 0 aromatic heterocycles. The molecule has 1 unspecified atom stereocenters. The molecular weight excluding hydrogens is 363 g/mol. The molecule has 150 valence electrons. The van der Waals surface area contributed by atoms with Crippen molar-refractivity contribution in [1.82, 2.24) is 0 Å². The molecule has 7 heteroatoms. The maximum atomic E-state index is 13.9. The highest BCUT2D eigenvalue weighted by Gasteiger charge is 2.37. The first-order valence-corrected chi connectivity index (χ1v) is 9.26. The molecule has 1 atom stereocenters. The second kappa shape index (κ2) is 9.90. The average molecular weight is 388 g/mol. The van der Waals surface area contributed by atoms with Crippen molar-refractivity contribution in [2.24, 2.45) is 5.73 Å². The zero-order valence-corrected chi connectivity index (χ0v) is 16.4. The number of unbranched alkanes of at least 4 members (excludes halogenated alkanes) is 1. The molecule has 0 saturated carbocycles. The molecule has 1 heterocycles. The van der Waals surface area contributed by atoms with E-state index < -0.39 is 17.7 Å². The summed E-state index contributed by atoms with van der Waals surface area (Å²) >= 11 is 0. The number of nitrogens with two attached hydrogens (primary N) is 1. The maximum absolute atomic E-state index is 13.9. The SMILES string of the molecule is CCCCOCc1cc(F)ccc1C1C(C#N)=C(N)OC(C)=C1C(=O)OCC. The summed E-state index contributed by atoms with van der Waals surface area (Å²) in [5.74, 6) is -1.68. The summed E-state index contributed by atoms with van der Waals surface area (Å²) in [5.41, 5.74) is 7.26. The standard InChI is InChI=1S/C21H25FN2O4/c1-4-6-9-26-12-14-10-15(22)7-8-16(14)19-17(11-23)20(24)28-13(3)18(19)21(25)27-5-2/h7-8,10,19H,4-6,9,12,24H2,1-3H3. The van der Waals surface area contributed by atoms with Gasteiger partial charge in [0.25, 0.3) is 0 Å². The Morgan fingerprint density at radius 3 is 2.79 bits per heavy atom. The van der Waals surface area contributed by atoms with Gasteiger partial charge in [-0.2, -0.15) is 5.26 Å². The average Bonchev–Trinajstić information content (AvgIpc) is 2.65. The van der Waals surface area contributed by atoms with Crippen LogP contribution >= 0.6 is 0 Å². The van der Waals surface area contributed by atoms with Crippen molar-refractivity contribution in [3.63, 3.8) is 0 Å². The highest BCUT2D eigenvalue weighted by Crippen LogP contribution is 2.41. The summed E-state index contributed by atoms with van der Waals surface area (Å²) in [6, 6.07) is 6.19.